The number of fused-ring (bicyclic) bond motifs is 3. The van der Waals surface area contributed by atoms with Gasteiger partial charge in [0.25, 0.3) is 11.8 Å². The van der Waals surface area contributed by atoms with Gasteiger partial charge >= 0.3 is 0 Å². The van der Waals surface area contributed by atoms with Crippen LogP contribution in [0, 0.1) is 10.8 Å². The molecule has 0 radical (unpaired) electrons. The van der Waals surface area contributed by atoms with Gasteiger partial charge in [-0.05, 0) is 147 Å². The van der Waals surface area contributed by atoms with E-state index in [0.717, 1.165) is 55.0 Å². The molecule has 8 N–H and O–H groups in total. The van der Waals surface area contributed by atoms with Crippen molar-refractivity contribution in [2.45, 2.75) is 167 Å². The molecule has 10 atom stereocenters. The number of rotatable bonds is 16. The predicted octanol–water partition coefficient (Wildman–Crippen LogP) is 4.90. The largest absolute Gasteiger partial charge is 0.347 e. The van der Waals surface area contributed by atoms with Gasteiger partial charge in [0.1, 0.15) is 24.2 Å². The molecule has 8 rings (SSSR count). The van der Waals surface area contributed by atoms with Gasteiger partial charge in [0.2, 0.25) is 35.4 Å². The second-order valence-electron chi connectivity index (χ2n) is 24.5. The second-order valence-corrected chi connectivity index (χ2v) is 24.5. The summed E-state index contributed by atoms with van der Waals surface area (Å²) in [4.78, 5) is 116. The molecule has 4 aromatic carbocycles. The monoisotopic (exact) mass is 1090 g/mol. The molecule has 0 spiro atoms. The van der Waals surface area contributed by atoms with E-state index in [1.54, 1.807) is 64.3 Å². The topological polar surface area (TPSA) is 239 Å². The summed E-state index contributed by atoms with van der Waals surface area (Å²) >= 11 is 0. The summed E-state index contributed by atoms with van der Waals surface area (Å²) in [7, 11) is 3.32. The van der Waals surface area contributed by atoms with Crippen LogP contribution in [0.4, 0.5) is 0 Å². The Labute approximate surface area is 470 Å². The van der Waals surface area contributed by atoms with Gasteiger partial charge in [0.15, 0.2) is 0 Å². The molecule has 4 aliphatic rings. The van der Waals surface area contributed by atoms with Crippen molar-refractivity contribution in [3.8, 4) is 0 Å². The lowest BCUT2D eigenvalue weighted by atomic mass is 9.85. The highest BCUT2D eigenvalue weighted by Crippen LogP contribution is 2.34. The van der Waals surface area contributed by atoms with Gasteiger partial charge in [-0.25, -0.2) is 0 Å². The quantitative estimate of drug-likeness (QED) is 0.0755. The molecule has 4 aromatic rings. The lowest BCUT2D eigenvalue weighted by Crippen LogP contribution is -2.59. The van der Waals surface area contributed by atoms with E-state index in [0.29, 0.717) is 16.5 Å². The van der Waals surface area contributed by atoms with E-state index in [1.165, 1.54) is 20.9 Å². The highest BCUT2D eigenvalue weighted by molar-refractivity contribution is 6.03. The average molecular weight is 1100 g/mol. The minimum absolute atomic E-state index is 0.0220. The maximum Gasteiger partial charge on any atom is 0.251 e. The second kappa shape index (κ2) is 24.7. The number of hydrogen-bond donors (Lipinski definition) is 8. The summed E-state index contributed by atoms with van der Waals surface area (Å²) in [6, 6.07) is 19.6. The number of likely N-dealkylation sites (N-methyl/N-ethyl adjacent to an activating group) is 2. The van der Waals surface area contributed by atoms with E-state index in [2.05, 4.69) is 54.7 Å². The molecule has 0 saturated carbocycles. The predicted molar refractivity (Wildman–Crippen MR) is 307 cm³/mol. The molecule has 1 unspecified atom stereocenters. The standard InChI is InChI=1S/C62H82N10O8/c1-35(63-9)53(73)69-51(61(3,4)5)59(79)71-33-43(31-49(71)57(77)67-47-23-15-19-38-17-11-13-21-45(38)47)65-55(75)40-27-25-37-26-28-41(30-42(37)29-40)56(76)66-44-32-50(58(78)68-48-24-16-20-39-18-12-14-22-46(39)48)72(34-44)60(80)52(62(6,7)8)70-54(74)36(2)64-10/h11-14,17-18,21-22,25-30,35-36,43-44,47-52,63-64H,15-16,19-20,23-24,31-34H2,1-10H3,(H,65,75)(H,66,76)(H,67,77)(H,68,78)(H,69,73)(H,70,74)/t35-,36-,43-,44-,47+,48+,49-,50?,51-,52-/m0/s1. The Balaban J connectivity index is 0.998. The van der Waals surface area contributed by atoms with Crippen molar-refractivity contribution >= 4 is 58.0 Å². The van der Waals surface area contributed by atoms with E-state index in [1.807, 2.05) is 77.9 Å². The van der Waals surface area contributed by atoms with Gasteiger partial charge in [-0.3, -0.25) is 38.4 Å². The molecule has 18 nitrogen and oxygen atoms in total. The maximum absolute atomic E-state index is 14.7. The fraction of sp³-hybridized carbons (Fsp3) is 0.516. The number of benzene rings is 4. The summed E-state index contributed by atoms with van der Waals surface area (Å²) in [6.07, 6.45) is 5.36. The SMILES string of the molecule is CN[C@@H](C)C(=O)N[C@@H](C(=O)N1C[C@@H](NC(=O)c2ccc3ccc(C(=O)N[C@H]4C[C@@H](C(=O)N[C@@H]5CCCc6ccccc65)N(C(=O)[C@H](NC(=O)[C@H](C)NC)C(C)(C)C)C4)cc3c2)CC1C(=O)N[C@@H]1CCCc2ccccc21)C(C)(C)C. The molecule has 2 fully saturated rings. The molecule has 18 heteroatoms. The first-order chi connectivity index (χ1) is 37.9. The van der Waals surface area contributed by atoms with Crippen LogP contribution in [0.2, 0.25) is 0 Å². The first kappa shape index (κ1) is 59.0. The number of nitrogens with zero attached hydrogens (tertiary/aromatic N) is 2. The van der Waals surface area contributed by atoms with Crippen LogP contribution < -0.4 is 42.5 Å². The van der Waals surface area contributed by atoms with Crippen molar-refractivity contribution in [1.29, 1.82) is 0 Å². The molecule has 2 saturated heterocycles. The Morgan fingerprint density at radius 3 is 1.27 bits per heavy atom. The summed E-state index contributed by atoms with van der Waals surface area (Å²) < 4.78 is 0. The number of amides is 8. The van der Waals surface area contributed by atoms with Crippen LogP contribution >= 0.6 is 0 Å². The van der Waals surface area contributed by atoms with Gasteiger partial charge < -0.3 is 52.3 Å². The number of aryl methyl sites for hydroxylation is 2. The summed E-state index contributed by atoms with van der Waals surface area (Å²) in [5, 5.41) is 25.7. The zero-order valence-corrected chi connectivity index (χ0v) is 48.1. The van der Waals surface area contributed by atoms with Gasteiger partial charge in [0, 0.05) is 36.3 Å². The lowest BCUT2D eigenvalue weighted by Gasteiger charge is -2.36. The Hall–Kier alpha value is -7.18. The number of hydrogen-bond acceptors (Lipinski definition) is 10. The first-order valence-corrected chi connectivity index (χ1v) is 28.4. The Morgan fingerprint density at radius 2 is 0.900 bits per heavy atom. The van der Waals surface area contributed by atoms with Crippen molar-refractivity contribution in [3.63, 3.8) is 0 Å². The van der Waals surface area contributed by atoms with Gasteiger partial charge in [-0.15, -0.1) is 0 Å². The summed E-state index contributed by atoms with van der Waals surface area (Å²) in [5.74, 6) is -3.12. The number of nitrogens with one attached hydrogen (secondary N) is 8. The van der Waals surface area contributed by atoms with E-state index < -0.39 is 82.8 Å². The molecule has 8 amide bonds. The van der Waals surface area contributed by atoms with Crippen LogP contribution in [-0.2, 0) is 41.6 Å². The lowest BCUT2D eigenvalue weighted by molar-refractivity contribution is -0.144. The van der Waals surface area contributed by atoms with E-state index in [4.69, 9.17) is 0 Å². The fourth-order valence-corrected chi connectivity index (χ4v) is 11.7. The molecule has 428 valence electrons. The number of likely N-dealkylation sites (tertiary alicyclic amines) is 2. The summed E-state index contributed by atoms with van der Waals surface area (Å²) in [6.45, 7) is 14.6. The van der Waals surface area contributed by atoms with Crippen molar-refractivity contribution in [2.24, 2.45) is 10.8 Å². The minimum Gasteiger partial charge on any atom is -0.347 e. The third-order valence-electron chi connectivity index (χ3n) is 16.6. The average Bonchev–Trinajstić information content (AvgIpc) is 4.11. The van der Waals surface area contributed by atoms with Crippen LogP contribution in [0.3, 0.4) is 0 Å². The van der Waals surface area contributed by atoms with Crippen molar-refractivity contribution in [2.75, 3.05) is 27.2 Å². The van der Waals surface area contributed by atoms with Crippen LogP contribution in [0.15, 0.2) is 84.9 Å². The molecule has 0 bridgehead atoms. The normalized spacial score (nSPS) is 22.4. The Morgan fingerprint density at radius 1 is 0.512 bits per heavy atom. The van der Waals surface area contributed by atoms with Crippen molar-refractivity contribution in [1.82, 2.24) is 52.3 Å². The van der Waals surface area contributed by atoms with Gasteiger partial charge in [-0.2, -0.15) is 0 Å². The zero-order chi connectivity index (χ0) is 57.8. The summed E-state index contributed by atoms with van der Waals surface area (Å²) in [5.41, 5.74) is 3.56. The maximum atomic E-state index is 14.7. The minimum atomic E-state index is -0.980. The van der Waals surface area contributed by atoms with Crippen LogP contribution in [0.5, 0.6) is 0 Å². The van der Waals surface area contributed by atoms with Crippen molar-refractivity contribution < 1.29 is 38.4 Å². The molecule has 80 heavy (non-hydrogen) atoms. The highest BCUT2D eigenvalue weighted by atomic mass is 16.2. The van der Waals surface area contributed by atoms with Gasteiger partial charge in [-0.1, -0.05) is 102 Å². The molecular formula is C62H82N10O8. The molecule has 2 heterocycles. The van der Waals surface area contributed by atoms with Crippen LogP contribution in [0.1, 0.15) is 149 Å². The van der Waals surface area contributed by atoms with E-state index in [9.17, 15) is 38.4 Å². The Bertz CT molecular complexity index is 2810. The fourth-order valence-electron chi connectivity index (χ4n) is 11.7. The molecule has 2 aliphatic heterocycles. The van der Waals surface area contributed by atoms with Gasteiger partial charge in [0.05, 0.1) is 24.2 Å². The first-order valence-electron chi connectivity index (χ1n) is 28.4. The zero-order valence-electron chi connectivity index (χ0n) is 48.1. The third-order valence-corrected chi connectivity index (χ3v) is 16.6. The highest BCUT2D eigenvalue weighted by Gasteiger charge is 2.48. The molecular weight excluding hydrogens is 1010 g/mol. The third kappa shape index (κ3) is 13.3. The van der Waals surface area contributed by atoms with E-state index in [-0.39, 0.29) is 61.6 Å². The van der Waals surface area contributed by atoms with Crippen LogP contribution in [-0.4, -0.2) is 133 Å². The number of carbonyl (C=O) groups excluding carboxylic acids is 8. The molecule has 2 aliphatic carbocycles. The van der Waals surface area contributed by atoms with E-state index >= 15 is 0 Å². The number of carbonyl (C=O) groups is 8. The smallest absolute Gasteiger partial charge is 0.251 e. The molecule has 0 aromatic heterocycles. The Kier molecular flexibility index (Phi) is 18.2. The van der Waals surface area contributed by atoms with Crippen molar-refractivity contribution in [3.05, 3.63) is 118 Å². The van der Waals surface area contributed by atoms with Crippen LogP contribution in [0.25, 0.3) is 10.8 Å².